The smallest absolute Gasteiger partial charge is 0.128 e. The number of hydrogen-bond acceptors (Lipinski definition) is 3. The van der Waals surface area contributed by atoms with Gasteiger partial charge in [-0.3, -0.25) is 0 Å². The van der Waals surface area contributed by atoms with E-state index in [1.54, 1.807) is 6.20 Å². The molecule has 98 valence electrons. The van der Waals surface area contributed by atoms with E-state index in [1.165, 1.54) is 0 Å². The molecule has 0 unspecified atom stereocenters. The first-order valence-corrected chi connectivity index (χ1v) is 6.33. The van der Waals surface area contributed by atoms with Crippen LogP contribution in [0.15, 0.2) is 24.5 Å². The van der Waals surface area contributed by atoms with Gasteiger partial charge in [0, 0.05) is 23.7 Å². The Morgan fingerprint density at radius 1 is 1.47 bits per heavy atom. The standard InChI is InChI=1S/C15H18N4/c1-10(2)14-11(3)19(9-13(14)7-16)8-12-5-4-6-18-15(12)17/h4-6,9-10H,8H2,1-3H3,(H2,17,18). The molecule has 0 bridgehead atoms. The van der Waals surface area contributed by atoms with Gasteiger partial charge in [-0.2, -0.15) is 5.26 Å². The van der Waals surface area contributed by atoms with Crippen LogP contribution in [0.1, 0.15) is 42.1 Å². The highest BCUT2D eigenvalue weighted by Gasteiger charge is 2.15. The highest BCUT2D eigenvalue weighted by molar-refractivity contribution is 5.44. The largest absolute Gasteiger partial charge is 0.383 e. The molecule has 0 radical (unpaired) electrons. The summed E-state index contributed by atoms with van der Waals surface area (Å²) < 4.78 is 2.07. The third kappa shape index (κ3) is 2.45. The van der Waals surface area contributed by atoms with Gasteiger partial charge in [-0.25, -0.2) is 4.98 Å². The van der Waals surface area contributed by atoms with Crippen LogP contribution in [0.3, 0.4) is 0 Å². The van der Waals surface area contributed by atoms with E-state index in [9.17, 15) is 5.26 Å². The number of hydrogen-bond donors (Lipinski definition) is 1. The monoisotopic (exact) mass is 254 g/mol. The van der Waals surface area contributed by atoms with Crippen molar-refractivity contribution < 1.29 is 0 Å². The number of nitrogens with two attached hydrogens (primary N) is 1. The van der Waals surface area contributed by atoms with Gasteiger partial charge in [0.15, 0.2) is 0 Å². The predicted octanol–water partition coefficient (Wildman–Crippen LogP) is 2.82. The second-order valence-corrected chi connectivity index (χ2v) is 4.98. The van der Waals surface area contributed by atoms with E-state index in [-0.39, 0.29) is 0 Å². The quantitative estimate of drug-likeness (QED) is 0.915. The molecule has 0 saturated heterocycles. The van der Waals surface area contributed by atoms with Crippen molar-refractivity contribution in [1.82, 2.24) is 9.55 Å². The molecule has 2 N–H and O–H groups in total. The molecule has 2 heterocycles. The topological polar surface area (TPSA) is 67.6 Å². The van der Waals surface area contributed by atoms with Crippen LogP contribution in [0.25, 0.3) is 0 Å². The number of nitrogen functional groups attached to an aromatic ring is 1. The fourth-order valence-electron chi connectivity index (χ4n) is 2.42. The highest BCUT2D eigenvalue weighted by Crippen LogP contribution is 2.26. The molecule has 0 aliphatic rings. The molecule has 0 amide bonds. The molecule has 0 aliphatic carbocycles. The first kappa shape index (κ1) is 13.2. The average molecular weight is 254 g/mol. The zero-order valence-electron chi connectivity index (χ0n) is 11.5. The molecule has 19 heavy (non-hydrogen) atoms. The molecule has 0 atom stereocenters. The summed E-state index contributed by atoms with van der Waals surface area (Å²) in [4.78, 5) is 4.09. The zero-order valence-corrected chi connectivity index (χ0v) is 11.5. The summed E-state index contributed by atoms with van der Waals surface area (Å²) in [6.07, 6.45) is 3.58. The Morgan fingerprint density at radius 2 is 2.21 bits per heavy atom. The molecule has 0 aliphatic heterocycles. The van der Waals surface area contributed by atoms with Crippen LogP contribution in [0.2, 0.25) is 0 Å². The lowest BCUT2D eigenvalue weighted by atomic mass is 10.00. The maximum absolute atomic E-state index is 9.23. The van der Waals surface area contributed by atoms with Crippen molar-refractivity contribution in [2.45, 2.75) is 33.2 Å². The third-order valence-corrected chi connectivity index (χ3v) is 3.36. The molecular formula is C15H18N4. The van der Waals surface area contributed by atoms with Gasteiger partial charge in [-0.15, -0.1) is 0 Å². The summed E-state index contributed by atoms with van der Waals surface area (Å²) in [5, 5.41) is 9.23. The predicted molar refractivity (Wildman–Crippen MR) is 75.7 cm³/mol. The Hall–Kier alpha value is -2.28. The van der Waals surface area contributed by atoms with Crippen molar-refractivity contribution in [1.29, 1.82) is 5.26 Å². The van der Waals surface area contributed by atoms with Crippen LogP contribution in [-0.2, 0) is 6.54 Å². The van der Waals surface area contributed by atoms with Crippen molar-refractivity contribution in [3.63, 3.8) is 0 Å². The third-order valence-electron chi connectivity index (χ3n) is 3.36. The molecule has 0 aromatic carbocycles. The van der Waals surface area contributed by atoms with Crippen molar-refractivity contribution in [3.05, 3.63) is 46.9 Å². The molecule has 0 saturated carbocycles. The molecule has 4 nitrogen and oxygen atoms in total. The van der Waals surface area contributed by atoms with E-state index in [2.05, 4.69) is 29.5 Å². The van der Waals surface area contributed by atoms with E-state index in [4.69, 9.17) is 5.73 Å². The first-order valence-electron chi connectivity index (χ1n) is 6.33. The minimum absolute atomic E-state index is 0.335. The minimum atomic E-state index is 0.335. The van der Waals surface area contributed by atoms with Crippen molar-refractivity contribution in [2.75, 3.05) is 5.73 Å². The second-order valence-electron chi connectivity index (χ2n) is 4.98. The van der Waals surface area contributed by atoms with Crippen LogP contribution >= 0.6 is 0 Å². The lowest BCUT2D eigenvalue weighted by Gasteiger charge is -2.10. The van der Waals surface area contributed by atoms with Crippen molar-refractivity contribution >= 4 is 5.82 Å². The van der Waals surface area contributed by atoms with E-state index in [0.717, 1.165) is 22.4 Å². The molecule has 0 spiro atoms. The van der Waals surface area contributed by atoms with Crippen LogP contribution in [-0.4, -0.2) is 9.55 Å². The normalized spacial score (nSPS) is 10.7. The summed E-state index contributed by atoms with van der Waals surface area (Å²) in [6.45, 7) is 6.90. The van der Waals surface area contributed by atoms with Gasteiger partial charge in [0.1, 0.15) is 11.9 Å². The maximum Gasteiger partial charge on any atom is 0.128 e. The Morgan fingerprint density at radius 3 is 2.74 bits per heavy atom. The lowest BCUT2D eigenvalue weighted by molar-refractivity contribution is 0.755. The lowest BCUT2D eigenvalue weighted by Crippen LogP contribution is -2.05. The van der Waals surface area contributed by atoms with Gasteiger partial charge >= 0.3 is 0 Å². The number of nitrogens with zero attached hydrogens (tertiary/aromatic N) is 3. The van der Waals surface area contributed by atoms with Crippen LogP contribution in [0.5, 0.6) is 0 Å². The molecule has 2 aromatic rings. The minimum Gasteiger partial charge on any atom is -0.383 e. The first-order chi connectivity index (χ1) is 9.04. The fraction of sp³-hybridized carbons (Fsp3) is 0.333. The van der Waals surface area contributed by atoms with Crippen LogP contribution in [0, 0.1) is 18.3 Å². The van der Waals surface area contributed by atoms with E-state index in [1.807, 2.05) is 25.3 Å². The van der Waals surface area contributed by atoms with Gasteiger partial charge in [0.2, 0.25) is 0 Å². The Bertz CT molecular complexity index is 632. The summed E-state index contributed by atoms with van der Waals surface area (Å²) in [6, 6.07) is 6.11. The van der Waals surface area contributed by atoms with E-state index < -0.39 is 0 Å². The Labute approximate surface area is 113 Å². The van der Waals surface area contributed by atoms with Gasteiger partial charge in [-0.05, 0) is 24.5 Å². The second kappa shape index (κ2) is 5.15. The number of aromatic nitrogens is 2. The maximum atomic E-state index is 9.23. The van der Waals surface area contributed by atoms with E-state index >= 15 is 0 Å². The Balaban J connectivity index is 2.43. The SMILES string of the molecule is Cc1c(C(C)C)c(C#N)cn1Cc1cccnc1N. The van der Waals surface area contributed by atoms with Crippen molar-refractivity contribution in [3.8, 4) is 6.07 Å². The van der Waals surface area contributed by atoms with E-state index in [0.29, 0.717) is 18.3 Å². The molecule has 2 aromatic heterocycles. The zero-order chi connectivity index (χ0) is 14.0. The van der Waals surface area contributed by atoms with Gasteiger partial charge in [-0.1, -0.05) is 19.9 Å². The summed E-state index contributed by atoms with van der Waals surface area (Å²) in [5.74, 6) is 0.877. The molecular weight excluding hydrogens is 236 g/mol. The average Bonchev–Trinajstić information content (AvgIpc) is 2.69. The summed E-state index contributed by atoms with van der Waals surface area (Å²) in [7, 11) is 0. The summed E-state index contributed by atoms with van der Waals surface area (Å²) >= 11 is 0. The number of nitriles is 1. The number of anilines is 1. The van der Waals surface area contributed by atoms with Crippen molar-refractivity contribution in [2.24, 2.45) is 0 Å². The van der Waals surface area contributed by atoms with Crippen LogP contribution < -0.4 is 5.73 Å². The molecule has 0 fully saturated rings. The number of rotatable bonds is 3. The van der Waals surface area contributed by atoms with Gasteiger partial charge in [0.25, 0.3) is 0 Å². The van der Waals surface area contributed by atoms with Gasteiger partial charge in [0.05, 0.1) is 12.1 Å². The number of pyridine rings is 1. The van der Waals surface area contributed by atoms with Gasteiger partial charge < -0.3 is 10.3 Å². The highest BCUT2D eigenvalue weighted by atomic mass is 15.0. The van der Waals surface area contributed by atoms with Crippen LogP contribution in [0.4, 0.5) is 5.82 Å². The molecule has 4 heteroatoms. The summed E-state index contributed by atoms with van der Waals surface area (Å²) in [5.41, 5.74) is 9.82. The molecule has 2 rings (SSSR count). The fourth-order valence-corrected chi connectivity index (χ4v) is 2.42. The Kier molecular flexibility index (Phi) is 3.57.